The van der Waals surface area contributed by atoms with Crippen molar-refractivity contribution in [3.05, 3.63) is 29.8 Å². The number of rotatable bonds is 4. The van der Waals surface area contributed by atoms with Crippen molar-refractivity contribution in [1.82, 2.24) is 15.0 Å². The van der Waals surface area contributed by atoms with Crippen LogP contribution < -0.4 is 15.4 Å². The van der Waals surface area contributed by atoms with Gasteiger partial charge >= 0.3 is 6.01 Å². The molecule has 0 fully saturated rings. The SMILES string of the molecule is CNc1nc(Nc2ccc(F)c(F)c2)nc(OC)n1. The number of halogens is 2. The van der Waals surface area contributed by atoms with Crippen LogP contribution in [0.15, 0.2) is 18.2 Å². The van der Waals surface area contributed by atoms with E-state index in [4.69, 9.17) is 4.74 Å². The predicted octanol–water partition coefficient (Wildman–Crippen LogP) is 1.94. The quantitative estimate of drug-likeness (QED) is 0.882. The smallest absolute Gasteiger partial charge is 0.322 e. The summed E-state index contributed by atoms with van der Waals surface area (Å²) in [5.41, 5.74) is 0.314. The lowest BCUT2D eigenvalue weighted by Crippen LogP contribution is -2.05. The lowest BCUT2D eigenvalue weighted by atomic mass is 10.3. The van der Waals surface area contributed by atoms with E-state index in [0.29, 0.717) is 5.69 Å². The lowest BCUT2D eigenvalue weighted by molar-refractivity contribution is 0.379. The molecule has 2 rings (SSSR count). The Kier molecular flexibility index (Phi) is 3.69. The van der Waals surface area contributed by atoms with Crippen LogP contribution in [0, 0.1) is 11.6 Å². The van der Waals surface area contributed by atoms with Crippen LogP contribution >= 0.6 is 0 Å². The Hall–Kier alpha value is -2.51. The molecule has 0 bridgehead atoms. The van der Waals surface area contributed by atoms with Crippen LogP contribution in [0.5, 0.6) is 6.01 Å². The first-order valence-corrected chi connectivity index (χ1v) is 5.32. The third kappa shape index (κ3) is 3.03. The van der Waals surface area contributed by atoms with E-state index in [0.717, 1.165) is 12.1 Å². The predicted molar refractivity (Wildman–Crippen MR) is 65.6 cm³/mol. The van der Waals surface area contributed by atoms with E-state index in [1.807, 2.05) is 0 Å². The second kappa shape index (κ2) is 5.42. The van der Waals surface area contributed by atoms with Crippen molar-refractivity contribution in [2.75, 3.05) is 24.8 Å². The molecule has 0 amide bonds. The van der Waals surface area contributed by atoms with Gasteiger partial charge in [0.25, 0.3) is 0 Å². The maximum absolute atomic E-state index is 13.1. The Bertz CT molecular complexity index is 571. The normalized spacial score (nSPS) is 10.1. The molecule has 0 radical (unpaired) electrons. The molecule has 2 aromatic rings. The summed E-state index contributed by atoms with van der Waals surface area (Å²) in [6.07, 6.45) is 0. The summed E-state index contributed by atoms with van der Waals surface area (Å²) >= 11 is 0. The minimum Gasteiger partial charge on any atom is -0.467 e. The van der Waals surface area contributed by atoms with E-state index in [9.17, 15) is 8.78 Å². The molecular weight excluding hydrogens is 256 g/mol. The molecule has 8 heteroatoms. The largest absolute Gasteiger partial charge is 0.467 e. The van der Waals surface area contributed by atoms with Crippen molar-refractivity contribution in [2.45, 2.75) is 0 Å². The molecule has 100 valence electrons. The first-order chi connectivity index (χ1) is 9.12. The topological polar surface area (TPSA) is 72.0 Å². The van der Waals surface area contributed by atoms with Crippen molar-refractivity contribution < 1.29 is 13.5 Å². The van der Waals surface area contributed by atoms with Gasteiger partial charge in [-0.3, -0.25) is 0 Å². The molecule has 0 saturated heterocycles. The maximum atomic E-state index is 13.1. The van der Waals surface area contributed by atoms with Crippen LogP contribution in [-0.4, -0.2) is 29.1 Å². The number of hydrogen-bond acceptors (Lipinski definition) is 6. The van der Waals surface area contributed by atoms with Gasteiger partial charge in [0.05, 0.1) is 7.11 Å². The molecule has 0 aliphatic carbocycles. The Morgan fingerprint density at radius 2 is 1.79 bits per heavy atom. The fourth-order valence-corrected chi connectivity index (χ4v) is 1.32. The third-order valence-electron chi connectivity index (χ3n) is 2.20. The van der Waals surface area contributed by atoms with Gasteiger partial charge in [0.1, 0.15) is 0 Å². The summed E-state index contributed by atoms with van der Waals surface area (Å²) in [5.74, 6) is -1.44. The molecule has 0 atom stereocenters. The van der Waals surface area contributed by atoms with Gasteiger partial charge in [0.15, 0.2) is 11.6 Å². The van der Waals surface area contributed by atoms with E-state index in [-0.39, 0.29) is 17.9 Å². The molecule has 0 unspecified atom stereocenters. The highest BCUT2D eigenvalue weighted by Crippen LogP contribution is 2.18. The van der Waals surface area contributed by atoms with Crippen molar-refractivity contribution in [1.29, 1.82) is 0 Å². The second-order valence-electron chi connectivity index (χ2n) is 3.47. The van der Waals surface area contributed by atoms with Gasteiger partial charge in [-0.2, -0.15) is 15.0 Å². The summed E-state index contributed by atoms with van der Waals surface area (Å²) in [6, 6.07) is 3.48. The molecule has 1 aromatic heterocycles. The van der Waals surface area contributed by atoms with E-state index in [1.165, 1.54) is 13.2 Å². The van der Waals surface area contributed by atoms with Crippen molar-refractivity contribution in [3.63, 3.8) is 0 Å². The highest BCUT2D eigenvalue weighted by Gasteiger charge is 2.08. The van der Waals surface area contributed by atoms with Gasteiger partial charge < -0.3 is 15.4 Å². The molecule has 0 saturated carbocycles. The van der Waals surface area contributed by atoms with E-state index in [2.05, 4.69) is 25.6 Å². The zero-order valence-electron chi connectivity index (χ0n) is 10.2. The highest BCUT2D eigenvalue weighted by atomic mass is 19.2. The number of aromatic nitrogens is 3. The van der Waals surface area contributed by atoms with Crippen LogP contribution in [0.25, 0.3) is 0 Å². The molecule has 0 spiro atoms. The number of anilines is 3. The van der Waals surface area contributed by atoms with Gasteiger partial charge in [0, 0.05) is 18.8 Å². The molecule has 6 nitrogen and oxygen atoms in total. The Balaban J connectivity index is 2.29. The Labute approximate surface area is 107 Å². The Morgan fingerprint density at radius 1 is 1.05 bits per heavy atom. The summed E-state index contributed by atoms with van der Waals surface area (Å²) in [5, 5.41) is 5.46. The minimum atomic E-state index is -0.958. The van der Waals surface area contributed by atoms with Crippen LogP contribution in [-0.2, 0) is 0 Å². The van der Waals surface area contributed by atoms with Gasteiger partial charge in [0.2, 0.25) is 11.9 Å². The highest BCUT2D eigenvalue weighted by molar-refractivity contribution is 5.54. The molecule has 2 N–H and O–H groups in total. The van der Waals surface area contributed by atoms with Crippen LogP contribution in [0.3, 0.4) is 0 Å². The summed E-state index contributed by atoms with van der Waals surface area (Å²) in [6.45, 7) is 0. The van der Waals surface area contributed by atoms with Gasteiger partial charge in [-0.1, -0.05) is 0 Å². The second-order valence-corrected chi connectivity index (χ2v) is 3.47. The summed E-state index contributed by atoms with van der Waals surface area (Å²) < 4.78 is 30.8. The maximum Gasteiger partial charge on any atom is 0.322 e. The van der Waals surface area contributed by atoms with E-state index < -0.39 is 11.6 Å². The molecule has 1 aromatic carbocycles. The average molecular weight is 267 g/mol. The molecule has 1 heterocycles. The van der Waals surface area contributed by atoms with Crippen molar-refractivity contribution >= 4 is 17.6 Å². The first-order valence-electron chi connectivity index (χ1n) is 5.32. The van der Waals surface area contributed by atoms with Gasteiger partial charge in [-0.15, -0.1) is 0 Å². The number of ether oxygens (including phenoxy) is 1. The number of methoxy groups -OCH3 is 1. The van der Waals surface area contributed by atoms with Crippen LogP contribution in [0.2, 0.25) is 0 Å². The van der Waals surface area contributed by atoms with E-state index in [1.54, 1.807) is 7.05 Å². The zero-order valence-corrected chi connectivity index (χ0v) is 10.2. The van der Waals surface area contributed by atoms with Crippen molar-refractivity contribution in [3.8, 4) is 6.01 Å². The molecule has 19 heavy (non-hydrogen) atoms. The number of hydrogen-bond donors (Lipinski definition) is 2. The Morgan fingerprint density at radius 3 is 2.42 bits per heavy atom. The molecule has 0 aliphatic heterocycles. The first kappa shape index (κ1) is 12.9. The minimum absolute atomic E-state index is 0.101. The monoisotopic (exact) mass is 267 g/mol. The van der Waals surface area contributed by atoms with Crippen molar-refractivity contribution in [2.24, 2.45) is 0 Å². The standard InChI is InChI=1S/C11H11F2N5O/c1-14-9-16-10(18-11(17-9)19-2)15-6-3-4-7(12)8(13)5-6/h3-5H,1-2H3,(H2,14,15,16,17,18). The molecular formula is C11H11F2N5O. The molecule has 0 aliphatic rings. The third-order valence-corrected chi connectivity index (χ3v) is 2.20. The fourth-order valence-electron chi connectivity index (χ4n) is 1.32. The van der Waals surface area contributed by atoms with Crippen LogP contribution in [0.1, 0.15) is 0 Å². The van der Waals surface area contributed by atoms with Gasteiger partial charge in [-0.05, 0) is 12.1 Å². The zero-order chi connectivity index (χ0) is 13.8. The van der Waals surface area contributed by atoms with E-state index >= 15 is 0 Å². The number of benzene rings is 1. The van der Waals surface area contributed by atoms with Gasteiger partial charge in [-0.25, -0.2) is 8.78 Å². The summed E-state index contributed by atoms with van der Waals surface area (Å²) in [7, 11) is 3.05. The van der Waals surface area contributed by atoms with Crippen LogP contribution in [0.4, 0.5) is 26.4 Å². The number of nitrogens with one attached hydrogen (secondary N) is 2. The summed E-state index contributed by atoms with van der Waals surface area (Å²) in [4.78, 5) is 11.9. The lowest BCUT2D eigenvalue weighted by Gasteiger charge is -2.08. The fraction of sp³-hybridized carbons (Fsp3) is 0.182. The average Bonchev–Trinajstić information content (AvgIpc) is 2.42. The number of nitrogens with zero attached hydrogens (tertiary/aromatic N) is 3.